The van der Waals surface area contributed by atoms with Gasteiger partial charge in [-0.2, -0.15) is 18.4 Å². The average Bonchev–Trinajstić information content (AvgIpc) is 3.48. The van der Waals surface area contributed by atoms with Gasteiger partial charge >= 0.3 is 6.18 Å². The number of amides is 1. The van der Waals surface area contributed by atoms with Crippen molar-refractivity contribution in [2.75, 3.05) is 13.6 Å². The summed E-state index contributed by atoms with van der Waals surface area (Å²) >= 11 is 0. The molecule has 0 spiro atoms. The Balaban J connectivity index is 1.47. The molecule has 2 heterocycles. The number of carbonyl (C=O) groups is 1. The van der Waals surface area contributed by atoms with E-state index in [1.807, 2.05) is 6.07 Å². The van der Waals surface area contributed by atoms with Crippen molar-refractivity contribution in [3.63, 3.8) is 0 Å². The van der Waals surface area contributed by atoms with Gasteiger partial charge in [0.15, 0.2) is 5.96 Å². The van der Waals surface area contributed by atoms with Crippen LogP contribution in [0.4, 0.5) is 22.0 Å². The monoisotopic (exact) mass is 550 g/mol. The quantitative estimate of drug-likeness (QED) is 0.172. The van der Waals surface area contributed by atoms with Crippen molar-refractivity contribution in [1.29, 1.82) is 5.26 Å². The highest BCUT2D eigenvalue weighted by Crippen LogP contribution is 2.33. The van der Waals surface area contributed by atoms with Crippen LogP contribution in [0.1, 0.15) is 44.9 Å². The first-order valence-corrected chi connectivity index (χ1v) is 13.0. The van der Waals surface area contributed by atoms with Crippen LogP contribution in [0, 0.1) is 29.1 Å². The van der Waals surface area contributed by atoms with Gasteiger partial charge in [-0.05, 0) is 44.4 Å². The number of guanidine groups is 1. The summed E-state index contributed by atoms with van der Waals surface area (Å²) in [6, 6.07) is -0.691. The maximum Gasteiger partial charge on any atom is 0.405 e. The van der Waals surface area contributed by atoms with E-state index in [4.69, 9.17) is 0 Å². The molecule has 2 aliphatic heterocycles. The van der Waals surface area contributed by atoms with E-state index in [2.05, 4.69) is 31.9 Å². The summed E-state index contributed by atoms with van der Waals surface area (Å²) in [7, 11) is 1.41. The van der Waals surface area contributed by atoms with Gasteiger partial charge < -0.3 is 10.4 Å². The molecule has 0 bridgehead atoms. The van der Waals surface area contributed by atoms with Gasteiger partial charge in [0.2, 0.25) is 5.91 Å². The standard InChI is InChI=1S/C23H35F5N8O2/c1-36-10-14(20(35-36)23(26,27)28)21(38)32-22(30-13-3-4-15(24)12(6-13)9-29)31-19-8-17(33-34-19)11-2-5-18(37)16(25)7-11/h11-20,33-35,37H,2-8,10H2,1H3,(H2,30,31,32,38). The minimum absolute atomic E-state index is 0.0454. The molecular weight excluding hydrogens is 515 g/mol. The molecule has 6 N–H and O–H groups in total. The second-order valence-corrected chi connectivity index (χ2v) is 10.8. The molecule has 15 heteroatoms. The van der Waals surface area contributed by atoms with Crippen molar-refractivity contribution in [2.24, 2.45) is 22.7 Å². The second kappa shape index (κ2) is 12.0. The molecule has 0 aromatic carbocycles. The van der Waals surface area contributed by atoms with Crippen LogP contribution in [0.3, 0.4) is 0 Å². The molecule has 4 aliphatic rings. The van der Waals surface area contributed by atoms with E-state index in [1.165, 1.54) is 12.1 Å². The van der Waals surface area contributed by atoms with Gasteiger partial charge in [-0.25, -0.2) is 29.6 Å². The zero-order valence-electron chi connectivity index (χ0n) is 21.0. The average molecular weight is 551 g/mol. The lowest BCUT2D eigenvalue weighted by atomic mass is 9.81. The number of halogens is 5. The summed E-state index contributed by atoms with van der Waals surface area (Å²) < 4.78 is 68.7. The Morgan fingerprint density at radius 1 is 1.11 bits per heavy atom. The first-order valence-electron chi connectivity index (χ1n) is 13.0. The fourth-order valence-corrected chi connectivity index (χ4v) is 5.83. The molecule has 10 atom stereocenters. The van der Waals surface area contributed by atoms with Crippen LogP contribution in [-0.2, 0) is 4.79 Å². The SMILES string of the molecule is CN1CC(C(=O)N/C(=N\C2CC(C3CCC(O)C(F)C3)NN2)NC2CCC(F)C(C#N)C2)C(C(F)(F)F)N1. The summed E-state index contributed by atoms with van der Waals surface area (Å²) in [4.78, 5) is 17.5. The maximum atomic E-state index is 14.0. The van der Waals surface area contributed by atoms with E-state index >= 15 is 0 Å². The zero-order chi connectivity index (χ0) is 27.6. The Labute approximate surface area is 217 Å². The van der Waals surface area contributed by atoms with Crippen LogP contribution < -0.4 is 26.9 Å². The second-order valence-electron chi connectivity index (χ2n) is 10.8. The van der Waals surface area contributed by atoms with E-state index in [1.54, 1.807) is 0 Å². The predicted octanol–water partition coefficient (Wildman–Crippen LogP) is 0.767. The Morgan fingerprint density at radius 2 is 1.87 bits per heavy atom. The van der Waals surface area contributed by atoms with Crippen molar-refractivity contribution in [2.45, 2.75) is 93.9 Å². The van der Waals surface area contributed by atoms with Crippen molar-refractivity contribution < 1.29 is 31.9 Å². The third kappa shape index (κ3) is 6.90. The van der Waals surface area contributed by atoms with Gasteiger partial charge in [0, 0.05) is 32.1 Å². The van der Waals surface area contributed by atoms with Crippen molar-refractivity contribution in [1.82, 2.24) is 31.9 Å². The van der Waals surface area contributed by atoms with E-state index in [0.717, 1.165) is 0 Å². The van der Waals surface area contributed by atoms with Crippen LogP contribution in [0.2, 0.25) is 0 Å². The maximum absolute atomic E-state index is 14.0. The molecule has 1 amide bonds. The first-order chi connectivity index (χ1) is 17.9. The molecule has 2 saturated heterocycles. The smallest absolute Gasteiger partial charge is 0.390 e. The molecule has 2 saturated carbocycles. The number of hydrogen-bond donors (Lipinski definition) is 6. The molecular formula is C23H35F5N8O2. The number of aliphatic hydroxyl groups is 1. The number of carbonyl (C=O) groups excluding carboxylic acids is 1. The highest BCUT2D eigenvalue weighted by molar-refractivity contribution is 5.98. The molecule has 38 heavy (non-hydrogen) atoms. The van der Waals surface area contributed by atoms with Crippen LogP contribution in [0.25, 0.3) is 0 Å². The highest BCUT2D eigenvalue weighted by atomic mass is 19.4. The van der Waals surface area contributed by atoms with E-state index in [9.17, 15) is 37.1 Å². The summed E-state index contributed by atoms with van der Waals surface area (Å²) in [6.45, 7) is -0.171. The van der Waals surface area contributed by atoms with Crippen LogP contribution in [-0.4, -0.2) is 84.5 Å². The van der Waals surface area contributed by atoms with Gasteiger partial charge in [0.05, 0.1) is 24.0 Å². The Bertz CT molecular complexity index is 917. The largest absolute Gasteiger partial charge is 0.405 e. The number of alkyl halides is 5. The number of rotatable bonds is 4. The lowest BCUT2D eigenvalue weighted by molar-refractivity contribution is -0.168. The molecule has 10 unspecified atom stereocenters. The fourth-order valence-electron chi connectivity index (χ4n) is 5.83. The molecule has 0 aromatic heterocycles. The summed E-state index contributed by atoms with van der Waals surface area (Å²) in [6.07, 6.45) is -6.54. The van der Waals surface area contributed by atoms with Gasteiger partial charge in [-0.1, -0.05) is 0 Å². The number of aliphatic hydroxyl groups excluding tert-OH is 1. The third-order valence-electron chi connectivity index (χ3n) is 7.98. The summed E-state index contributed by atoms with van der Waals surface area (Å²) in [5.74, 6) is -3.26. The number of nitrogens with zero attached hydrogens (tertiary/aromatic N) is 3. The number of nitriles is 1. The first kappa shape index (κ1) is 28.9. The fraction of sp³-hybridized carbons (Fsp3) is 0.870. The Morgan fingerprint density at radius 3 is 2.55 bits per heavy atom. The topological polar surface area (TPSA) is 137 Å². The number of hydrazine groups is 2. The Hall–Kier alpha value is -2.12. The van der Waals surface area contributed by atoms with Crippen LogP contribution >= 0.6 is 0 Å². The number of aliphatic imine (C=N–C) groups is 1. The van der Waals surface area contributed by atoms with Crippen LogP contribution in [0.15, 0.2) is 4.99 Å². The minimum Gasteiger partial charge on any atom is -0.390 e. The van der Waals surface area contributed by atoms with E-state index in [0.29, 0.717) is 25.7 Å². The predicted molar refractivity (Wildman–Crippen MR) is 126 cm³/mol. The lowest BCUT2D eigenvalue weighted by Gasteiger charge is -2.32. The Kier molecular flexibility index (Phi) is 9.08. The molecule has 214 valence electrons. The van der Waals surface area contributed by atoms with E-state index in [-0.39, 0.29) is 43.7 Å². The van der Waals surface area contributed by atoms with Gasteiger partial charge in [0.25, 0.3) is 0 Å². The van der Waals surface area contributed by atoms with Gasteiger partial charge in [-0.15, -0.1) is 0 Å². The molecule has 10 nitrogen and oxygen atoms in total. The molecule has 0 radical (unpaired) electrons. The van der Waals surface area contributed by atoms with Crippen molar-refractivity contribution in [3.05, 3.63) is 0 Å². The normalized spacial score (nSPS) is 41.1. The third-order valence-corrected chi connectivity index (χ3v) is 7.98. The summed E-state index contributed by atoms with van der Waals surface area (Å²) in [5.41, 5.74) is 8.32. The van der Waals surface area contributed by atoms with Crippen molar-refractivity contribution >= 4 is 11.9 Å². The van der Waals surface area contributed by atoms with Gasteiger partial charge in [0.1, 0.15) is 24.6 Å². The lowest BCUT2D eigenvalue weighted by Crippen LogP contribution is -2.54. The minimum atomic E-state index is -4.65. The highest BCUT2D eigenvalue weighted by Gasteiger charge is 2.52. The number of hydrogen-bond acceptors (Lipinski definition) is 8. The number of nitrogens with one attached hydrogen (secondary N) is 5. The molecule has 2 aliphatic carbocycles. The van der Waals surface area contributed by atoms with Crippen LogP contribution in [0.5, 0.6) is 0 Å². The molecule has 4 rings (SSSR count). The van der Waals surface area contributed by atoms with E-state index < -0.39 is 60.6 Å². The summed E-state index contributed by atoms with van der Waals surface area (Å²) in [5, 5.41) is 25.7. The molecule has 4 fully saturated rings. The molecule has 0 aromatic rings. The van der Waals surface area contributed by atoms with Gasteiger partial charge in [-0.3, -0.25) is 15.5 Å². The van der Waals surface area contributed by atoms with Crippen molar-refractivity contribution in [3.8, 4) is 6.07 Å². The zero-order valence-corrected chi connectivity index (χ0v) is 21.0.